The lowest BCUT2D eigenvalue weighted by atomic mass is 10.1. The summed E-state index contributed by atoms with van der Waals surface area (Å²) < 4.78 is 5.57. The molecular weight excluding hydrogens is 396 g/mol. The van der Waals surface area contributed by atoms with Crippen molar-refractivity contribution in [1.29, 1.82) is 0 Å². The molecule has 2 aliphatic rings. The molecule has 1 saturated carbocycles. The second kappa shape index (κ2) is 8.71. The molecule has 0 spiro atoms. The van der Waals surface area contributed by atoms with Gasteiger partial charge in [0.15, 0.2) is 0 Å². The average Bonchev–Trinajstić information content (AvgIpc) is 3.57. The summed E-state index contributed by atoms with van der Waals surface area (Å²) in [5.41, 5.74) is 1.16. The number of fused-ring (bicyclic) bond motifs is 1. The van der Waals surface area contributed by atoms with Crippen molar-refractivity contribution in [3.63, 3.8) is 0 Å². The third kappa shape index (κ3) is 4.35. The van der Waals surface area contributed by atoms with Gasteiger partial charge in [0.05, 0.1) is 16.7 Å². The van der Waals surface area contributed by atoms with Crippen LogP contribution in [0.2, 0.25) is 0 Å². The Morgan fingerprint density at radius 1 is 1.06 bits per heavy atom. The molecule has 1 fully saturated rings. The van der Waals surface area contributed by atoms with Crippen molar-refractivity contribution in [3.05, 3.63) is 70.8 Å². The number of rotatable bonds is 8. The Morgan fingerprint density at radius 2 is 1.77 bits per heavy atom. The van der Waals surface area contributed by atoms with Gasteiger partial charge >= 0.3 is 5.97 Å². The van der Waals surface area contributed by atoms with Crippen molar-refractivity contribution in [2.45, 2.75) is 44.8 Å². The molecule has 2 aromatic rings. The quantitative estimate of drug-likeness (QED) is 0.523. The molecular formula is C24H24N2O5. The van der Waals surface area contributed by atoms with Crippen LogP contribution in [0.1, 0.15) is 75.3 Å². The van der Waals surface area contributed by atoms with Crippen LogP contribution in [-0.2, 0) is 9.53 Å². The first-order valence-electron chi connectivity index (χ1n) is 10.6. The SMILES string of the molecule is CCCCN1C(=O)c2ccc(C(=O)OC(C(=O)NC3CC3)c3ccccc3)cc2C1=O. The highest BCUT2D eigenvalue weighted by molar-refractivity contribution is 6.22. The number of unbranched alkanes of at least 4 members (excludes halogenated alkanes) is 1. The highest BCUT2D eigenvalue weighted by Gasteiger charge is 2.36. The molecule has 0 radical (unpaired) electrons. The number of ether oxygens (including phenoxy) is 1. The fraction of sp³-hybridized carbons (Fsp3) is 0.333. The topological polar surface area (TPSA) is 92.8 Å². The van der Waals surface area contributed by atoms with Gasteiger partial charge in [0.2, 0.25) is 6.10 Å². The lowest BCUT2D eigenvalue weighted by Gasteiger charge is -2.18. The molecule has 160 valence electrons. The summed E-state index contributed by atoms with van der Waals surface area (Å²) in [7, 11) is 0. The van der Waals surface area contributed by atoms with Crippen molar-refractivity contribution in [1.82, 2.24) is 10.2 Å². The molecule has 1 N–H and O–H groups in total. The maximum atomic E-state index is 12.9. The molecule has 7 heteroatoms. The summed E-state index contributed by atoms with van der Waals surface area (Å²) >= 11 is 0. The fourth-order valence-electron chi connectivity index (χ4n) is 3.52. The Bertz CT molecular complexity index is 1030. The minimum absolute atomic E-state index is 0.121. The van der Waals surface area contributed by atoms with E-state index in [1.807, 2.05) is 13.0 Å². The van der Waals surface area contributed by atoms with E-state index in [4.69, 9.17) is 4.74 Å². The lowest BCUT2D eigenvalue weighted by molar-refractivity contribution is -0.130. The molecule has 4 rings (SSSR count). The van der Waals surface area contributed by atoms with E-state index < -0.39 is 18.0 Å². The van der Waals surface area contributed by atoms with E-state index >= 15 is 0 Å². The Labute approximate surface area is 180 Å². The van der Waals surface area contributed by atoms with Gasteiger partial charge in [-0.1, -0.05) is 43.7 Å². The van der Waals surface area contributed by atoms with Crippen LogP contribution in [0.3, 0.4) is 0 Å². The lowest BCUT2D eigenvalue weighted by Crippen LogP contribution is -2.33. The summed E-state index contributed by atoms with van der Waals surface area (Å²) in [6.07, 6.45) is 2.30. The van der Waals surface area contributed by atoms with Crippen molar-refractivity contribution in [2.75, 3.05) is 6.54 Å². The summed E-state index contributed by atoms with van der Waals surface area (Å²) in [4.78, 5) is 51.9. The van der Waals surface area contributed by atoms with Gasteiger partial charge in [0, 0.05) is 18.2 Å². The Balaban J connectivity index is 1.55. The molecule has 0 aromatic heterocycles. The van der Waals surface area contributed by atoms with Crippen LogP contribution in [0.4, 0.5) is 0 Å². The predicted octanol–water partition coefficient (Wildman–Crippen LogP) is 3.26. The van der Waals surface area contributed by atoms with Crippen LogP contribution in [-0.4, -0.2) is 41.2 Å². The molecule has 31 heavy (non-hydrogen) atoms. The maximum absolute atomic E-state index is 12.9. The van der Waals surface area contributed by atoms with Gasteiger partial charge in [0.25, 0.3) is 17.7 Å². The van der Waals surface area contributed by atoms with Gasteiger partial charge in [-0.3, -0.25) is 19.3 Å². The van der Waals surface area contributed by atoms with E-state index in [9.17, 15) is 19.2 Å². The van der Waals surface area contributed by atoms with Crippen molar-refractivity contribution >= 4 is 23.7 Å². The van der Waals surface area contributed by atoms with Crippen molar-refractivity contribution < 1.29 is 23.9 Å². The number of benzene rings is 2. The largest absolute Gasteiger partial charge is 0.444 e. The third-order valence-electron chi connectivity index (χ3n) is 5.43. The molecule has 1 atom stereocenters. The number of imide groups is 1. The van der Waals surface area contributed by atoms with Gasteiger partial charge in [0.1, 0.15) is 0 Å². The molecule has 3 amide bonds. The number of nitrogens with one attached hydrogen (secondary N) is 1. The average molecular weight is 420 g/mol. The molecule has 1 unspecified atom stereocenters. The second-order valence-corrected chi connectivity index (χ2v) is 7.85. The highest BCUT2D eigenvalue weighted by atomic mass is 16.5. The minimum atomic E-state index is -1.10. The van der Waals surface area contributed by atoms with Crippen LogP contribution in [0, 0.1) is 0 Å². The van der Waals surface area contributed by atoms with Crippen LogP contribution >= 0.6 is 0 Å². The molecule has 2 aromatic carbocycles. The Morgan fingerprint density at radius 3 is 2.45 bits per heavy atom. The van der Waals surface area contributed by atoms with Crippen LogP contribution < -0.4 is 5.32 Å². The van der Waals surface area contributed by atoms with Gasteiger partial charge < -0.3 is 10.1 Å². The minimum Gasteiger partial charge on any atom is -0.444 e. The first-order valence-corrected chi connectivity index (χ1v) is 10.6. The number of carbonyl (C=O) groups is 4. The Hall–Kier alpha value is -3.48. The van der Waals surface area contributed by atoms with E-state index in [0.29, 0.717) is 12.1 Å². The molecule has 0 bridgehead atoms. The van der Waals surface area contributed by atoms with Crippen LogP contribution in [0.15, 0.2) is 48.5 Å². The summed E-state index contributed by atoms with van der Waals surface area (Å²) in [5.74, 6) is -1.86. The summed E-state index contributed by atoms with van der Waals surface area (Å²) in [6, 6.07) is 13.2. The van der Waals surface area contributed by atoms with E-state index in [1.165, 1.54) is 23.1 Å². The molecule has 0 saturated heterocycles. The number of hydrogen-bond acceptors (Lipinski definition) is 5. The fourth-order valence-corrected chi connectivity index (χ4v) is 3.52. The molecule has 1 aliphatic heterocycles. The van der Waals surface area contributed by atoms with Crippen LogP contribution in [0.5, 0.6) is 0 Å². The predicted molar refractivity (Wildman–Crippen MR) is 112 cm³/mol. The monoisotopic (exact) mass is 420 g/mol. The zero-order valence-corrected chi connectivity index (χ0v) is 17.3. The standard InChI is InChI=1S/C24H24N2O5/c1-2-3-13-26-22(28)18-12-9-16(14-19(18)23(26)29)24(30)31-20(15-7-5-4-6-8-15)21(27)25-17-10-11-17/h4-9,12,14,17,20H,2-3,10-11,13H2,1H3,(H,25,27). The number of esters is 1. The molecule has 1 heterocycles. The maximum Gasteiger partial charge on any atom is 0.339 e. The van der Waals surface area contributed by atoms with Crippen LogP contribution in [0.25, 0.3) is 0 Å². The summed E-state index contributed by atoms with van der Waals surface area (Å²) in [6.45, 7) is 2.33. The number of hydrogen-bond donors (Lipinski definition) is 1. The van der Waals surface area contributed by atoms with E-state index in [2.05, 4.69) is 5.32 Å². The highest BCUT2D eigenvalue weighted by Crippen LogP contribution is 2.27. The number of carbonyl (C=O) groups excluding carboxylic acids is 4. The Kier molecular flexibility index (Phi) is 5.84. The van der Waals surface area contributed by atoms with Gasteiger partial charge in [-0.2, -0.15) is 0 Å². The number of amides is 3. The normalized spacial score (nSPS) is 16.1. The zero-order valence-electron chi connectivity index (χ0n) is 17.3. The van der Waals surface area contributed by atoms with Crippen molar-refractivity contribution in [2.24, 2.45) is 0 Å². The van der Waals surface area contributed by atoms with E-state index in [1.54, 1.807) is 24.3 Å². The third-order valence-corrected chi connectivity index (χ3v) is 5.43. The second-order valence-electron chi connectivity index (χ2n) is 7.85. The molecule has 7 nitrogen and oxygen atoms in total. The first kappa shape index (κ1) is 20.8. The number of nitrogens with zero attached hydrogens (tertiary/aromatic N) is 1. The van der Waals surface area contributed by atoms with Gasteiger partial charge in [-0.05, 0) is 37.5 Å². The van der Waals surface area contributed by atoms with Gasteiger partial charge in [-0.25, -0.2) is 4.79 Å². The van der Waals surface area contributed by atoms with E-state index in [-0.39, 0.29) is 34.5 Å². The first-order chi connectivity index (χ1) is 15.0. The van der Waals surface area contributed by atoms with Gasteiger partial charge in [-0.15, -0.1) is 0 Å². The smallest absolute Gasteiger partial charge is 0.339 e. The molecule has 1 aliphatic carbocycles. The summed E-state index contributed by atoms with van der Waals surface area (Å²) in [5, 5.41) is 2.87. The van der Waals surface area contributed by atoms with E-state index in [0.717, 1.165) is 25.7 Å². The zero-order chi connectivity index (χ0) is 22.0. The van der Waals surface area contributed by atoms with Crippen molar-refractivity contribution in [3.8, 4) is 0 Å².